The molecule has 0 nitrogen and oxygen atoms in total. The first-order valence-corrected chi connectivity index (χ1v) is 6.64. The second-order valence-corrected chi connectivity index (χ2v) is 3.92. The molecule has 0 bridgehead atoms. The molecule has 0 aliphatic carbocycles. The molecule has 0 heteroatoms. The molecule has 0 spiro atoms. The van der Waals surface area contributed by atoms with Crippen LogP contribution in [0.3, 0.4) is 0 Å². The van der Waals surface area contributed by atoms with Crippen LogP contribution in [0.4, 0.5) is 0 Å². The van der Waals surface area contributed by atoms with Gasteiger partial charge >= 0.3 is 0 Å². The van der Waals surface area contributed by atoms with Gasteiger partial charge in [-0.1, -0.05) is 87.0 Å². The highest BCUT2D eigenvalue weighted by Crippen LogP contribution is 2.02. The molecule has 0 heterocycles. The highest BCUT2D eigenvalue weighted by molar-refractivity contribution is 4.41. The summed E-state index contributed by atoms with van der Waals surface area (Å²) in [6, 6.07) is 0. The predicted octanol–water partition coefficient (Wildman–Crippen LogP) is 6.06. The average molecular weight is 202 g/mol. The van der Waals surface area contributed by atoms with E-state index in [-0.39, 0.29) is 0 Å². The van der Waals surface area contributed by atoms with Crippen molar-refractivity contribution in [2.45, 2.75) is 87.0 Å². The molecule has 0 aromatic rings. The maximum atomic E-state index is 2.28. The number of hydrogen-bond acceptors (Lipinski definition) is 0. The van der Waals surface area contributed by atoms with Crippen molar-refractivity contribution in [3.8, 4) is 0 Å². The zero-order valence-electron chi connectivity index (χ0n) is 11.8. The zero-order valence-corrected chi connectivity index (χ0v) is 11.8. The topological polar surface area (TPSA) is 0 Å². The second kappa shape index (κ2) is 23.1. The third-order valence-corrected chi connectivity index (χ3v) is 2.39. The minimum absolute atomic E-state index is 0.935. The molecule has 0 unspecified atom stereocenters. The fourth-order valence-corrected chi connectivity index (χ4v) is 0.289. The summed E-state index contributed by atoms with van der Waals surface area (Å²) in [6.45, 7) is 15.5. The number of rotatable bonds is 4. The van der Waals surface area contributed by atoms with E-state index in [2.05, 4.69) is 48.5 Å². The summed E-state index contributed by atoms with van der Waals surface area (Å²) in [4.78, 5) is 0. The Morgan fingerprint density at radius 2 is 0.786 bits per heavy atom. The van der Waals surface area contributed by atoms with Crippen molar-refractivity contribution in [3.63, 3.8) is 0 Å². The van der Waals surface area contributed by atoms with Gasteiger partial charge in [-0.15, -0.1) is 0 Å². The van der Waals surface area contributed by atoms with Crippen LogP contribution >= 0.6 is 0 Å². The summed E-state index contributed by atoms with van der Waals surface area (Å²) in [7, 11) is 0. The van der Waals surface area contributed by atoms with Crippen LogP contribution in [-0.4, -0.2) is 0 Å². The largest absolute Gasteiger partial charge is 0.0654 e. The molecule has 0 aliphatic rings. The Morgan fingerprint density at radius 1 is 0.571 bits per heavy atom. The van der Waals surface area contributed by atoms with Crippen molar-refractivity contribution in [3.05, 3.63) is 0 Å². The molecule has 14 heavy (non-hydrogen) atoms. The van der Waals surface area contributed by atoms with E-state index in [1.54, 1.807) is 0 Å². The lowest BCUT2D eigenvalue weighted by molar-refractivity contribution is 0.544. The summed E-state index contributed by atoms with van der Waals surface area (Å²) in [5.74, 6) is 0.935. The Bertz CT molecular complexity index is 45.1. The monoisotopic (exact) mass is 202 g/mol. The minimum atomic E-state index is 0.935. The van der Waals surface area contributed by atoms with Gasteiger partial charge in [-0.3, -0.25) is 0 Å². The first-order chi connectivity index (χ1) is 6.64. The van der Waals surface area contributed by atoms with E-state index in [1.165, 1.54) is 38.5 Å². The molecular weight excluding hydrogens is 168 g/mol. The normalized spacial score (nSPS) is 8.57. The summed E-state index contributed by atoms with van der Waals surface area (Å²) in [5.41, 5.74) is 0. The number of unbranched alkanes of at least 4 members (excludes halogenated alkanes) is 2. The lowest BCUT2D eigenvalue weighted by Crippen LogP contribution is -1.85. The van der Waals surface area contributed by atoms with Crippen molar-refractivity contribution in [2.75, 3.05) is 0 Å². The first-order valence-electron chi connectivity index (χ1n) is 6.64. The van der Waals surface area contributed by atoms with Gasteiger partial charge in [0.1, 0.15) is 0 Å². The molecule has 0 aromatic carbocycles. The van der Waals surface area contributed by atoms with Gasteiger partial charge in [-0.2, -0.15) is 0 Å². The molecule has 0 fully saturated rings. The first kappa shape index (κ1) is 19.6. The van der Waals surface area contributed by atoms with Crippen LogP contribution in [0.15, 0.2) is 0 Å². The van der Waals surface area contributed by atoms with Crippen molar-refractivity contribution in [1.29, 1.82) is 0 Å². The molecule has 0 atom stereocenters. The molecule has 0 saturated heterocycles. The lowest BCUT2D eigenvalue weighted by atomic mass is 10.1. The van der Waals surface area contributed by atoms with Gasteiger partial charge in [-0.05, 0) is 5.92 Å². The van der Waals surface area contributed by atoms with E-state index >= 15 is 0 Å². The van der Waals surface area contributed by atoms with Crippen molar-refractivity contribution >= 4 is 0 Å². The summed E-state index contributed by atoms with van der Waals surface area (Å²) >= 11 is 0. The third-order valence-electron chi connectivity index (χ3n) is 2.39. The van der Waals surface area contributed by atoms with E-state index in [9.17, 15) is 0 Å². The molecule has 0 saturated carbocycles. The van der Waals surface area contributed by atoms with Gasteiger partial charge in [-0.25, -0.2) is 0 Å². The van der Waals surface area contributed by atoms with Gasteiger partial charge < -0.3 is 0 Å². The Kier molecular flexibility index (Phi) is 32.3. The standard InChI is InChI=1S/C6H14.2C4H10/c1-4-6(3)5-2;2*1-3-4-2/h6H,4-5H2,1-3H3;2*3-4H2,1-2H3. The van der Waals surface area contributed by atoms with Crippen molar-refractivity contribution in [1.82, 2.24) is 0 Å². The van der Waals surface area contributed by atoms with Crippen molar-refractivity contribution < 1.29 is 0 Å². The van der Waals surface area contributed by atoms with Gasteiger partial charge in [0.05, 0.1) is 0 Å². The van der Waals surface area contributed by atoms with Gasteiger partial charge in [0.15, 0.2) is 0 Å². The van der Waals surface area contributed by atoms with Crippen LogP contribution in [0.5, 0.6) is 0 Å². The smallest absolute Gasteiger partial charge is 0.0448 e. The van der Waals surface area contributed by atoms with E-state index < -0.39 is 0 Å². The van der Waals surface area contributed by atoms with Crippen LogP contribution in [0.2, 0.25) is 0 Å². The van der Waals surface area contributed by atoms with E-state index in [4.69, 9.17) is 0 Å². The Balaban J connectivity index is -0.000000135. The average Bonchev–Trinajstić information content (AvgIpc) is 2.28. The van der Waals surface area contributed by atoms with Crippen LogP contribution in [-0.2, 0) is 0 Å². The maximum absolute atomic E-state index is 2.28. The van der Waals surface area contributed by atoms with Gasteiger partial charge in [0, 0.05) is 0 Å². The van der Waals surface area contributed by atoms with Crippen LogP contribution < -0.4 is 0 Å². The number of hydrogen-bond donors (Lipinski definition) is 0. The van der Waals surface area contributed by atoms with E-state index in [1.807, 2.05) is 0 Å². The minimum Gasteiger partial charge on any atom is -0.0654 e. The Hall–Kier alpha value is 0. The van der Waals surface area contributed by atoms with Crippen molar-refractivity contribution in [2.24, 2.45) is 5.92 Å². The predicted molar refractivity (Wildman–Crippen MR) is 70.9 cm³/mol. The van der Waals surface area contributed by atoms with Crippen LogP contribution in [0.25, 0.3) is 0 Å². The molecule has 0 radical (unpaired) electrons. The fourth-order valence-electron chi connectivity index (χ4n) is 0.289. The highest BCUT2D eigenvalue weighted by Gasteiger charge is 1.88. The fraction of sp³-hybridized carbons (Fsp3) is 1.00. The SMILES string of the molecule is CCC(C)CC.CCCC.CCCC. The molecule has 0 N–H and O–H groups in total. The maximum Gasteiger partial charge on any atom is -0.0448 e. The summed E-state index contributed by atoms with van der Waals surface area (Å²) in [5, 5.41) is 0. The Morgan fingerprint density at radius 3 is 0.786 bits per heavy atom. The van der Waals surface area contributed by atoms with Crippen LogP contribution in [0.1, 0.15) is 87.0 Å². The summed E-state index contributed by atoms with van der Waals surface area (Å²) < 4.78 is 0. The molecule has 0 rings (SSSR count). The molecule has 0 aliphatic heterocycles. The lowest BCUT2D eigenvalue weighted by Gasteiger charge is -1.98. The zero-order chi connectivity index (χ0) is 11.8. The van der Waals surface area contributed by atoms with Gasteiger partial charge in [0.2, 0.25) is 0 Å². The molecular formula is C14H34. The summed E-state index contributed by atoms with van der Waals surface area (Å²) in [6.07, 6.45) is 7.94. The quantitative estimate of drug-likeness (QED) is 0.520. The van der Waals surface area contributed by atoms with Gasteiger partial charge in [0.25, 0.3) is 0 Å². The van der Waals surface area contributed by atoms with Crippen LogP contribution in [0, 0.1) is 5.92 Å². The van der Waals surface area contributed by atoms with E-state index in [0.717, 1.165) is 5.92 Å². The third kappa shape index (κ3) is 40.3. The molecule has 0 aromatic heterocycles. The van der Waals surface area contributed by atoms with E-state index in [0.29, 0.717) is 0 Å². The Labute approximate surface area is 93.5 Å². The molecule has 0 amide bonds. The highest BCUT2D eigenvalue weighted by atomic mass is 13.9. The second-order valence-electron chi connectivity index (χ2n) is 3.92. The molecule has 90 valence electrons.